The summed E-state index contributed by atoms with van der Waals surface area (Å²) in [4.78, 5) is 14.2. The van der Waals surface area contributed by atoms with Crippen molar-refractivity contribution in [1.82, 2.24) is 5.32 Å². The van der Waals surface area contributed by atoms with Gasteiger partial charge in [-0.2, -0.15) is 0 Å². The average molecular weight is 262 g/mol. The molecule has 0 radical (unpaired) electrons. The molecule has 1 aromatic rings. The molecule has 0 heterocycles. The Morgan fingerprint density at radius 2 is 2.21 bits per heavy atom. The van der Waals surface area contributed by atoms with Gasteiger partial charge >= 0.3 is 5.97 Å². The van der Waals surface area contributed by atoms with E-state index in [0.29, 0.717) is 19.5 Å². The van der Waals surface area contributed by atoms with Crippen molar-refractivity contribution in [1.29, 1.82) is 0 Å². The first-order valence-electron chi connectivity index (χ1n) is 6.07. The van der Waals surface area contributed by atoms with Crippen LogP contribution in [0.5, 0.6) is 0 Å². The Labute approximate surface area is 112 Å². The molecule has 0 saturated carbocycles. The van der Waals surface area contributed by atoms with E-state index in [9.17, 15) is 9.90 Å². The maximum Gasteiger partial charge on any atom is 0.328 e. The van der Waals surface area contributed by atoms with Crippen LogP contribution >= 0.6 is 0 Å². The average Bonchev–Trinajstić information content (AvgIpc) is 2.38. The molecule has 102 valence electrons. The molecule has 0 aliphatic carbocycles. The summed E-state index contributed by atoms with van der Waals surface area (Å²) in [6, 6.07) is 7.40. The molecule has 6 heteroatoms. The Morgan fingerprint density at radius 3 is 2.79 bits per heavy atom. The molecule has 0 bridgehead atoms. The normalized spacial score (nSPS) is 13.4. The number of aliphatic carboxylic acids is 1. The second-order valence-corrected chi connectivity index (χ2v) is 4.48. The van der Waals surface area contributed by atoms with Gasteiger partial charge in [-0.1, -0.05) is 29.4 Å². The minimum Gasteiger partial charge on any atom is -0.480 e. The zero-order valence-corrected chi connectivity index (χ0v) is 11.1. The van der Waals surface area contributed by atoms with Crippen LogP contribution in [0.1, 0.15) is 24.5 Å². The third kappa shape index (κ3) is 3.71. The van der Waals surface area contributed by atoms with Gasteiger partial charge < -0.3 is 5.11 Å². The third-order valence-electron chi connectivity index (χ3n) is 3.09. The monoisotopic (exact) mass is 262 g/mol. The van der Waals surface area contributed by atoms with E-state index < -0.39 is 11.5 Å². The number of nitrogens with one attached hydrogen (secondary N) is 1. The molecule has 1 unspecified atom stereocenters. The standard InChI is InChI=1S/C13H18N4O2/c1-10-6-3-4-7-11(10)13(2,12(18)19)15-8-5-9-16-17-14/h3-4,6-7,15H,5,8-9H2,1-2H3,(H,18,19). The zero-order chi connectivity index (χ0) is 14.3. The molecule has 0 fully saturated rings. The number of azide groups is 1. The minimum atomic E-state index is -1.14. The van der Waals surface area contributed by atoms with Crippen molar-refractivity contribution in [2.45, 2.75) is 25.8 Å². The number of aryl methyl sites for hydroxylation is 1. The Bertz CT molecular complexity index is 497. The van der Waals surface area contributed by atoms with Crippen LogP contribution in [-0.2, 0) is 10.3 Å². The first kappa shape index (κ1) is 15.0. The highest BCUT2D eigenvalue weighted by atomic mass is 16.4. The van der Waals surface area contributed by atoms with Crippen LogP contribution in [0.25, 0.3) is 10.4 Å². The van der Waals surface area contributed by atoms with Gasteiger partial charge in [0, 0.05) is 11.5 Å². The quantitative estimate of drug-likeness (QED) is 0.342. The molecule has 2 N–H and O–H groups in total. The summed E-state index contributed by atoms with van der Waals surface area (Å²) in [5.74, 6) is -0.925. The zero-order valence-electron chi connectivity index (χ0n) is 11.1. The van der Waals surface area contributed by atoms with Crippen molar-refractivity contribution < 1.29 is 9.90 Å². The largest absolute Gasteiger partial charge is 0.480 e. The van der Waals surface area contributed by atoms with E-state index in [1.165, 1.54) is 0 Å². The van der Waals surface area contributed by atoms with Crippen LogP contribution in [0, 0.1) is 6.92 Å². The lowest BCUT2D eigenvalue weighted by Crippen LogP contribution is -2.47. The van der Waals surface area contributed by atoms with Crippen LogP contribution < -0.4 is 5.32 Å². The first-order valence-corrected chi connectivity index (χ1v) is 6.07. The van der Waals surface area contributed by atoms with Gasteiger partial charge in [-0.3, -0.25) is 5.32 Å². The van der Waals surface area contributed by atoms with E-state index in [0.717, 1.165) is 11.1 Å². The van der Waals surface area contributed by atoms with Crippen LogP contribution in [0.4, 0.5) is 0 Å². The highest BCUT2D eigenvalue weighted by Crippen LogP contribution is 2.24. The molecule has 1 rings (SSSR count). The molecule has 19 heavy (non-hydrogen) atoms. The summed E-state index contributed by atoms with van der Waals surface area (Å²) in [5, 5.41) is 15.9. The number of hydrogen-bond donors (Lipinski definition) is 2. The Balaban J connectivity index is 2.83. The first-order chi connectivity index (χ1) is 9.02. The summed E-state index contributed by atoms with van der Waals surface area (Å²) in [7, 11) is 0. The molecule has 0 spiro atoms. The lowest BCUT2D eigenvalue weighted by Gasteiger charge is -2.28. The van der Waals surface area contributed by atoms with E-state index in [2.05, 4.69) is 15.3 Å². The summed E-state index contributed by atoms with van der Waals surface area (Å²) in [6.45, 7) is 4.35. The number of rotatable bonds is 7. The summed E-state index contributed by atoms with van der Waals surface area (Å²) < 4.78 is 0. The number of carboxylic acid groups (broad SMARTS) is 1. The second-order valence-electron chi connectivity index (χ2n) is 4.48. The van der Waals surface area contributed by atoms with Crippen LogP contribution in [0.3, 0.4) is 0 Å². The maximum absolute atomic E-state index is 11.5. The van der Waals surface area contributed by atoms with Crippen molar-refractivity contribution in [2.24, 2.45) is 5.11 Å². The fourth-order valence-electron chi connectivity index (χ4n) is 1.95. The molecular weight excluding hydrogens is 244 g/mol. The fourth-order valence-corrected chi connectivity index (χ4v) is 1.95. The van der Waals surface area contributed by atoms with Crippen LogP contribution in [0.15, 0.2) is 29.4 Å². The molecule has 6 nitrogen and oxygen atoms in total. The topological polar surface area (TPSA) is 98.1 Å². The van der Waals surface area contributed by atoms with E-state index in [-0.39, 0.29) is 0 Å². The molecule has 0 saturated heterocycles. The maximum atomic E-state index is 11.5. The lowest BCUT2D eigenvalue weighted by molar-refractivity contribution is -0.144. The second kappa shape index (κ2) is 6.78. The molecule has 0 amide bonds. The number of carboxylic acids is 1. The van der Waals surface area contributed by atoms with Gasteiger partial charge in [0.2, 0.25) is 0 Å². The van der Waals surface area contributed by atoms with E-state index in [1.807, 2.05) is 31.2 Å². The smallest absolute Gasteiger partial charge is 0.328 e. The number of hydrogen-bond acceptors (Lipinski definition) is 3. The predicted molar refractivity (Wildman–Crippen MR) is 72.8 cm³/mol. The minimum absolute atomic E-state index is 0.354. The van der Waals surface area contributed by atoms with Crippen molar-refractivity contribution in [2.75, 3.05) is 13.1 Å². The van der Waals surface area contributed by atoms with E-state index >= 15 is 0 Å². The Kier molecular flexibility index (Phi) is 5.36. The van der Waals surface area contributed by atoms with Crippen LogP contribution in [-0.4, -0.2) is 24.2 Å². The SMILES string of the molecule is Cc1ccccc1C(C)(NCCCN=[N+]=[N-])C(=O)O. The predicted octanol–water partition coefficient (Wildman–Crippen LogP) is 2.58. The molecule has 0 aromatic heterocycles. The third-order valence-corrected chi connectivity index (χ3v) is 3.09. The van der Waals surface area contributed by atoms with Crippen molar-refractivity contribution in [3.05, 3.63) is 45.8 Å². The molecular formula is C13H18N4O2. The van der Waals surface area contributed by atoms with Gasteiger partial charge in [-0.25, -0.2) is 4.79 Å². The van der Waals surface area contributed by atoms with Gasteiger partial charge in [0.25, 0.3) is 0 Å². The van der Waals surface area contributed by atoms with Crippen molar-refractivity contribution >= 4 is 5.97 Å². The Morgan fingerprint density at radius 1 is 1.53 bits per heavy atom. The van der Waals surface area contributed by atoms with Crippen LogP contribution in [0.2, 0.25) is 0 Å². The molecule has 1 aromatic carbocycles. The summed E-state index contributed by atoms with van der Waals surface area (Å²) in [6.07, 6.45) is 0.596. The van der Waals surface area contributed by atoms with E-state index in [4.69, 9.17) is 5.53 Å². The number of benzene rings is 1. The lowest BCUT2D eigenvalue weighted by atomic mass is 9.88. The molecule has 1 atom stereocenters. The Hall–Kier alpha value is -2.04. The summed E-state index contributed by atoms with van der Waals surface area (Å²) >= 11 is 0. The van der Waals surface area contributed by atoms with E-state index in [1.54, 1.807) is 6.92 Å². The van der Waals surface area contributed by atoms with Gasteiger partial charge in [0.05, 0.1) is 0 Å². The molecule has 0 aliphatic heterocycles. The van der Waals surface area contributed by atoms with Crippen molar-refractivity contribution in [3.8, 4) is 0 Å². The van der Waals surface area contributed by atoms with Crippen molar-refractivity contribution in [3.63, 3.8) is 0 Å². The number of carbonyl (C=O) groups is 1. The summed E-state index contributed by atoms with van der Waals surface area (Å²) in [5.41, 5.74) is 8.70. The highest BCUT2D eigenvalue weighted by Gasteiger charge is 2.35. The van der Waals surface area contributed by atoms with Gasteiger partial charge in [-0.05, 0) is 43.5 Å². The van der Waals surface area contributed by atoms with Gasteiger partial charge in [0.1, 0.15) is 5.54 Å². The van der Waals surface area contributed by atoms with Gasteiger partial charge in [0.15, 0.2) is 0 Å². The number of nitrogens with zero attached hydrogens (tertiary/aromatic N) is 3. The fraction of sp³-hybridized carbons (Fsp3) is 0.462. The molecule has 0 aliphatic rings. The van der Waals surface area contributed by atoms with Gasteiger partial charge in [-0.15, -0.1) is 0 Å². The highest BCUT2D eigenvalue weighted by molar-refractivity contribution is 5.80.